The van der Waals surface area contributed by atoms with Crippen LogP contribution < -0.4 is 4.74 Å². The Hall–Kier alpha value is -2.59. The fourth-order valence-electron chi connectivity index (χ4n) is 2.46. The molecule has 0 fully saturated rings. The molecule has 0 aliphatic heterocycles. The number of benzene rings is 2. The summed E-state index contributed by atoms with van der Waals surface area (Å²) in [5.74, 6) is 0.288. The Morgan fingerprint density at radius 3 is 2.44 bits per heavy atom. The van der Waals surface area contributed by atoms with Crippen molar-refractivity contribution in [2.45, 2.75) is 39.6 Å². The lowest BCUT2D eigenvalue weighted by Gasteiger charge is -2.13. The Morgan fingerprint density at radius 1 is 1.08 bits per heavy atom. The van der Waals surface area contributed by atoms with Crippen molar-refractivity contribution in [3.8, 4) is 5.75 Å². The van der Waals surface area contributed by atoms with Crippen LogP contribution in [0.1, 0.15) is 35.6 Å². The molecule has 4 heteroatoms. The molecule has 0 bridgehead atoms. The molecule has 2 aromatic rings. The maximum Gasteiger partial charge on any atom is 0.330 e. The lowest BCUT2D eigenvalue weighted by Crippen LogP contribution is -2.06. The summed E-state index contributed by atoms with van der Waals surface area (Å²) >= 11 is 0. The van der Waals surface area contributed by atoms with E-state index in [0.717, 1.165) is 41.4 Å². The van der Waals surface area contributed by atoms with Crippen LogP contribution in [0.2, 0.25) is 0 Å². The summed E-state index contributed by atoms with van der Waals surface area (Å²) in [6, 6.07) is 13.5. The quantitative estimate of drug-likeness (QED) is 0.555. The van der Waals surface area contributed by atoms with Crippen molar-refractivity contribution in [3.63, 3.8) is 0 Å². The van der Waals surface area contributed by atoms with Gasteiger partial charge in [-0.3, -0.25) is 0 Å². The topological polar surface area (TPSA) is 55.8 Å². The van der Waals surface area contributed by atoms with Gasteiger partial charge in [-0.2, -0.15) is 0 Å². The molecule has 0 spiro atoms. The zero-order chi connectivity index (χ0) is 18.1. The molecule has 0 aliphatic rings. The third kappa shape index (κ3) is 5.76. The minimum absolute atomic E-state index is 0.0119. The summed E-state index contributed by atoms with van der Waals surface area (Å²) in [5.41, 5.74) is 3.97. The zero-order valence-electron chi connectivity index (χ0n) is 14.5. The van der Waals surface area contributed by atoms with E-state index < -0.39 is 5.97 Å². The average Bonchev–Trinajstić information content (AvgIpc) is 2.65. The number of hydrogen-bond acceptors (Lipinski definition) is 4. The van der Waals surface area contributed by atoms with E-state index in [-0.39, 0.29) is 13.2 Å². The van der Waals surface area contributed by atoms with Crippen molar-refractivity contribution in [3.05, 3.63) is 77.4 Å². The number of aliphatic hydroxyl groups excluding tert-OH is 1. The van der Waals surface area contributed by atoms with E-state index in [2.05, 4.69) is 25.6 Å². The van der Waals surface area contributed by atoms with Crippen molar-refractivity contribution in [1.29, 1.82) is 0 Å². The van der Waals surface area contributed by atoms with Gasteiger partial charge in [-0.25, -0.2) is 4.79 Å². The van der Waals surface area contributed by atoms with E-state index in [4.69, 9.17) is 14.6 Å². The fourth-order valence-corrected chi connectivity index (χ4v) is 2.46. The van der Waals surface area contributed by atoms with Crippen LogP contribution in [0.15, 0.2) is 55.1 Å². The van der Waals surface area contributed by atoms with Gasteiger partial charge < -0.3 is 14.6 Å². The highest BCUT2D eigenvalue weighted by Gasteiger charge is 2.08. The first-order valence-corrected chi connectivity index (χ1v) is 8.38. The van der Waals surface area contributed by atoms with E-state index >= 15 is 0 Å². The van der Waals surface area contributed by atoms with Crippen LogP contribution in [0.5, 0.6) is 5.75 Å². The average molecular weight is 340 g/mol. The lowest BCUT2D eigenvalue weighted by molar-refractivity contribution is -0.139. The largest absolute Gasteiger partial charge is 0.489 e. The second kappa shape index (κ2) is 9.64. The number of aliphatic hydroxyl groups is 1. The number of hydrogen-bond donors (Lipinski definition) is 1. The monoisotopic (exact) mass is 340 g/mol. The molecule has 2 aromatic carbocycles. The molecule has 0 heterocycles. The standard InChI is InChI=1S/C21H24O4/c1-3-5-16-6-9-18(19(12-16)15-25-21(23)4-2)14-24-20-10-7-17(13-22)8-11-20/h4,6-12,22H,2-3,5,13-15H2,1H3. The number of carbonyl (C=O) groups excluding carboxylic acids is 1. The second-order valence-electron chi connectivity index (χ2n) is 5.76. The van der Waals surface area contributed by atoms with Gasteiger partial charge in [0.25, 0.3) is 0 Å². The molecule has 0 saturated heterocycles. The van der Waals surface area contributed by atoms with Crippen molar-refractivity contribution >= 4 is 5.97 Å². The molecule has 0 aliphatic carbocycles. The Morgan fingerprint density at radius 2 is 1.80 bits per heavy atom. The molecule has 0 amide bonds. The minimum atomic E-state index is -0.438. The first kappa shape index (κ1) is 18.7. The molecule has 1 N–H and O–H groups in total. The molecule has 132 valence electrons. The van der Waals surface area contributed by atoms with Crippen LogP contribution >= 0.6 is 0 Å². The second-order valence-corrected chi connectivity index (χ2v) is 5.76. The van der Waals surface area contributed by atoms with Crippen LogP contribution in [0.25, 0.3) is 0 Å². The van der Waals surface area contributed by atoms with Crippen LogP contribution in [0.3, 0.4) is 0 Å². The molecule has 2 rings (SSSR count). The van der Waals surface area contributed by atoms with Crippen LogP contribution in [0, 0.1) is 0 Å². The van der Waals surface area contributed by atoms with Gasteiger partial charge in [-0.15, -0.1) is 0 Å². The molecule has 0 unspecified atom stereocenters. The smallest absolute Gasteiger partial charge is 0.330 e. The molecule has 25 heavy (non-hydrogen) atoms. The van der Waals surface area contributed by atoms with Gasteiger partial charge in [0.15, 0.2) is 0 Å². The van der Waals surface area contributed by atoms with Gasteiger partial charge in [0, 0.05) is 6.08 Å². The van der Waals surface area contributed by atoms with Crippen LogP contribution in [-0.2, 0) is 35.8 Å². The predicted molar refractivity (Wildman–Crippen MR) is 97.1 cm³/mol. The van der Waals surface area contributed by atoms with Crippen molar-refractivity contribution in [2.75, 3.05) is 0 Å². The number of rotatable bonds is 9. The summed E-state index contributed by atoms with van der Waals surface area (Å²) in [6.07, 6.45) is 3.19. The van der Waals surface area contributed by atoms with Gasteiger partial charge >= 0.3 is 5.97 Å². The van der Waals surface area contributed by atoms with Crippen LogP contribution in [-0.4, -0.2) is 11.1 Å². The number of carbonyl (C=O) groups is 1. The first-order valence-electron chi connectivity index (χ1n) is 8.38. The summed E-state index contributed by atoms with van der Waals surface area (Å²) in [6.45, 7) is 6.14. The van der Waals surface area contributed by atoms with Crippen molar-refractivity contribution < 1.29 is 19.4 Å². The SMILES string of the molecule is C=CC(=O)OCc1cc(CCC)ccc1COc1ccc(CO)cc1. The molecule has 0 radical (unpaired) electrons. The van der Waals surface area contributed by atoms with Gasteiger partial charge in [-0.1, -0.05) is 50.3 Å². The highest BCUT2D eigenvalue weighted by molar-refractivity contribution is 5.81. The highest BCUT2D eigenvalue weighted by Crippen LogP contribution is 2.19. The summed E-state index contributed by atoms with van der Waals surface area (Å²) in [5, 5.41) is 9.08. The van der Waals surface area contributed by atoms with Crippen molar-refractivity contribution in [1.82, 2.24) is 0 Å². The number of esters is 1. The van der Waals surface area contributed by atoms with E-state index in [1.54, 1.807) is 0 Å². The van der Waals surface area contributed by atoms with Crippen molar-refractivity contribution in [2.24, 2.45) is 0 Å². The van der Waals surface area contributed by atoms with Gasteiger partial charge in [0.05, 0.1) is 6.61 Å². The Bertz CT molecular complexity index is 704. The van der Waals surface area contributed by atoms with E-state index in [0.29, 0.717) is 6.61 Å². The summed E-state index contributed by atoms with van der Waals surface area (Å²) in [7, 11) is 0. The highest BCUT2D eigenvalue weighted by atomic mass is 16.5. The molecule has 0 atom stereocenters. The first-order chi connectivity index (χ1) is 12.2. The van der Waals surface area contributed by atoms with Gasteiger partial charge in [0.2, 0.25) is 0 Å². The number of aryl methyl sites for hydroxylation is 1. The third-order valence-corrected chi connectivity index (χ3v) is 3.85. The number of ether oxygens (including phenoxy) is 2. The predicted octanol–water partition coefficient (Wildman–Crippen LogP) is 3.94. The van der Waals surface area contributed by atoms with E-state index in [9.17, 15) is 4.79 Å². The summed E-state index contributed by atoms with van der Waals surface area (Å²) in [4.78, 5) is 11.4. The minimum Gasteiger partial charge on any atom is -0.489 e. The van der Waals surface area contributed by atoms with Crippen LogP contribution in [0.4, 0.5) is 0 Å². The molecular formula is C21H24O4. The third-order valence-electron chi connectivity index (χ3n) is 3.85. The molecule has 4 nitrogen and oxygen atoms in total. The maximum absolute atomic E-state index is 11.4. The van der Waals surface area contributed by atoms with E-state index in [1.165, 1.54) is 5.56 Å². The Labute approximate surface area is 148 Å². The maximum atomic E-state index is 11.4. The molecule has 0 aromatic heterocycles. The summed E-state index contributed by atoms with van der Waals surface area (Å²) < 4.78 is 11.0. The Balaban J connectivity index is 2.10. The van der Waals surface area contributed by atoms with Gasteiger partial charge in [-0.05, 0) is 40.8 Å². The zero-order valence-corrected chi connectivity index (χ0v) is 14.5. The van der Waals surface area contributed by atoms with E-state index in [1.807, 2.05) is 30.3 Å². The molecule has 0 saturated carbocycles. The van der Waals surface area contributed by atoms with Gasteiger partial charge in [0.1, 0.15) is 19.0 Å². The lowest BCUT2D eigenvalue weighted by atomic mass is 10.0. The molecular weight excluding hydrogens is 316 g/mol. The fraction of sp³-hybridized carbons (Fsp3) is 0.286. The Kier molecular flexibility index (Phi) is 7.23. The normalized spacial score (nSPS) is 10.3.